The van der Waals surface area contributed by atoms with E-state index in [0.717, 1.165) is 56.9 Å². The second kappa shape index (κ2) is 11.0. The number of hydrogen-bond acceptors (Lipinski definition) is 5. The zero-order valence-corrected chi connectivity index (χ0v) is 19.3. The molecule has 0 bridgehead atoms. The van der Waals surface area contributed by atoms with Gasteiger partial charge in [0, 0.05) is 36.4 Å². The van der Waals surface area contributed by atoms with E-state index in [1.54, 1.807) is 18.4 Å². The SMILES string of the molecule is CN=C(NCc1ccc(C)s1)NCC(c1ccc(C)o1)N1CCOCC1.I. The topological polar surface area (TPSA) is 62.0 Å². The Bertz CT molecular complexity index is 725. The zero-order valence-electron chi connectivity index (χ0n) is 16.2. The molecule has 0 amide bonds. The van der Waals surface area contributed by atoms with Gasteiger partial charge in [-0.3, -0.25) is 9.89 Å². The highest BCUT2D eigenvalue weighted by molar-refractivity contribution is 14.0. The number of thiophene rings is 1. The van der Waals surface area contributed by atoms with Gasteiger partial charge >= 0.3 is 0 Å². The van der Waals surface area contributed by atoms with Crippen LogP contribution in [0.2, 0.25) is 0 Å². The number of aliphatic imine (C=N–C) groups is 1. The fraction of sp³-hybridized carbons (Fsp3) is 0.526. The third-order valence-corrected chi connectivity index (χ3v) is 5.49. The third kappa shape index (κ3) is 6.48. The van der Waals surface area contributed by atoms with Crippen molar-refractivity contribution in [1.82, 2.24) is 15.5 Å². The summed E-state index contributed by atoms with van der Waals surface area (Å²) in [6.07, 6.45) is 0. The fourth-order valence-electron chi connectivity index (χ4n) is 3.10. The molecule has 27 heavy (non-hydrogen) atoms. The van der Waals surface area contributed by atoms with Crippen molar-refractivity contribution >= 4 is 41.3 Å². The third-order valence-electron chi connectivity index (χ3n) is 4.49. The molecule has 2 aromatic heterocycles. The van der Waals surface area contributed by atoms with Gasteiger partial charge in [0.15, 0.2) is 5.96 Å². The van der Waals surface area contributed by atoms with Gasteiger partial charge in [-0.05, 0) is 38.1 Å². The second-order valence-electron chi connectivity index (χ2n) is 6.43. The number of halogens is 1. The molecule has 3 rings (SSSR count). The fourth-order valence-corrected chi connectivity index (χ4v) is 3.93. The van der Waals surface area contributed by atoms with Crippen LogP contribution in [0.4, 0.5) is 0 Å². The van der Waals surface area contributed by atoms with Gasteiger partial charge in [-0.2, -0.15) is 0 Å². The van der Waals surface area contributed by atoms with Gasteiger partial charge in [0.2, 0.25) is 0 Å². The van der Waals surface area contributed by atoms with Crippen LogP contribution in [0.3, 0.4) is 0 Å². The van der Waals surface area contributed by atoms with Gasteiger partial charge in [-0.25, -0.2) is 0 Å². The van der Waals surface area contributed by atoms with E-state index in [0.29, 0.717) is 0 Å². The quantitative estimate of drug-likeness (QED) is 0.359. The minimum Gasteiger partial charge on any atom is -0.465 e. The standard InChI is InChI=1S/C19H28N4O2S.HI/c1-14-4-7-18(25-14)17(23-8-10-24-11-9-23)13-22-19(20-3)21-12-16-6-5-15(2)26-16;/h4-7,17H,8-13H2,1-3H3,(H2,20,21,22);1H. The van der Waals surface area contributed by atoms with Gasteiger partial charge < -0.3 is 19.8 Å². The minimum absolute atomic E-state index is 0. The Morgan fingerprint density at radius 3 is 2.56 bits per heavy atom. The summed E-state index contributed by atoms with van der Waals surface area (Å²) in [4.78, 5) is 9.39. The molecular weight excluding hydrogens is 475 g/mol. The predicted molar refractivity (Wildman–Crippen MR) is 121 cm³/mol. The average molecular weight is 504 g/mol. The van der Waals surface area contributed by atoms with Crippen LogP contribution in [-0.2, 0) is 11.3 Å². The first-order valence-corrected chi connectivity index (χ1v) is 9.85. The molecule has 0 saturated carbocycles. The first-order chi connectivity index (χ1) is 12.7. The summed E-state index contributed by atoms with van der Waals surface area (Å²) in [5.74, 6) is 2.73. The molecule has 0 radical (unpaired) electrons. The van der Waals surface area contributed by atoms with Crippen LogP contribution in [0.25, 0.3) is 0 Å². The number of nitrogens with one attached hydrogen (secondary N) is 2. The lowest BCUT2D eigenvalue weighted by atomic mass is 10.1. The highest BCUT2D eigenvalue weighted by atomic mass is 127. The maximum absolute atomic E-state index is 5.92. The van der Waals surface area contributed by atoms with Crippen LogP contribution in [0.5, 0.6) is 0 Å². The van der Waals surface area contributed by atoms with E-state index in [9.17, 15) is 0 Å². The van der Waals surface area contributed by atoms with Crippen molar-refractivity contribution in [3.8, 4) is 0 Å². The molecule has 0 aromatic carbocycles. The van der Waals surface area contributed by atoms with Crippen LogP contribution in [0.15, 0.2) is 33.7 Å². The minimum atomic E-state index is 0. The number of furan rings is 1. The Hall–Kier alpha value is -1.10. The molecular formula is C19H29IN4O2S. The number of nitrogens with zero attached hydrogens (tertiary/aromatic N) is 2. The molecule has 0 aliphatic carbocycles. The van der Waals surface area contributed by atoms with E-state index in [4.69, 9.17) is 9.15 Å². The van der Waals surface area contributed by atoms with Crippen molar-refractivity contribution in [2.24, 2.45) is 4.99 Å². The zero-order chi connectivity index (χ0) is 18.4. The molecule has 0 spiro atoms. The van der Waals surface area contributed by atoms with Crippen molar-refractivity contribution in [3.05, 3.63) is 45.5 Å². The van der Waals surface area contributed by atoms with E-state index in [1.165, 1.54) is 9.75 Å². The predicted octanol–water partition coefficient (Wildman–Crippen LogP) is 3.31. The van der Waals surface area contributed by atoms with Crippen LogP contribution in [-0.4, -0.2) is 50.8 Å². The molecule has 150 valence electrons. The monoisotopic (exact) mass is 504 g/mol. The van der Waals surface area contributed by atoms with Gasteiger partial charge in [0.25, 0.3) is 0 Å². The molecule has 1 unspecified atom stereocenters. The summed E-state index contributed by atoms with van der Waals surface area (Å²) in [6.45, 7) is 8.97. The molecule has 6 nitrogen and oxygen atoms in total. The second-order valence-corrected chi connectivity index (χ2v) is 7.80. The summed E-state index contributed by atoms with van der Waals surface area (Å²) in [5.41, 5.74) is 0. The molecule has 8 heteroatoms. The lowest BCUT2D eigenvalue weighted by Gasteiger charge is -2.33. The first kappa shape index (κ1) is 22.2. The molecule has 1 atom stereocenters. The molecule has 2 aromatic rings. The summed E-state index contributed by atoms with van der Waals surface area (Å²) in [6, 6.07) is 8.56. The van der Waals surface area contributed by atoms with Crippen LogP contribution in [0.1, 0.15) is 27.3 Å². The Balaban J connectivity index is 0.00000261. The van der Waals surface area contributed by atoms with Crippen LogP contribution >= 0.6 is 35.3 Å². The highest BCUT2D eigenvalue weighted by Crippen LogP contribution is 2.23. The van der Waals surface area contributed by atoms with Gasteiger partial charge in [0.05, 0.1) is 25.8 Å². The van der Waals surface area contributed by atoms with Gasteiger partial charge in [0.1, 0.15) is 11.5 Å². The molecule has 3 heterocycles. The average Bonchev–Trinajstić information content (AvgIpc) is 3.27. The Labute approximate surface area is 182 Å². The first-order valence-electron chi connectivity index (χ1n) is 9.03. The van der Waals surface area contributed by atoms with Crippen molar-refractivity contribution < 1.29 is 9.15 Å². The van der Waals surface area contributed by atoms with Crippen molar-refractivity contribution in [1.29, 1.82) is 0 Å². The number of guanidine groups is 1. The number of aryl methyl sites for hydroxylation is 2. The maximum Gasteiger partial charge on any atom is 0.191 e. The Kier molecular flexibility index (Phi) is 9.07. The van der Waals surface area contributed by atoms with E-state index < -0.39 is 0 Å². The highest BCUT2D eigenvalue weighted by Gasteiger charge is 2.25. The normalized spacial score (nSPS) is 16.6. The van der Waals surface area contributed by atoms with Crippen LogP contribution in [0, 0.1) is 13.8 Å². The van der Waals surface area contributed by atoms with Gasteiger partial charge in [-0.1, -0.05) is 0 Å². The summed E-state index contributed by atoms with van der Waals surface area (Å²) in [5, 5.41) is 6.84. The van der Waals surface area contributed by atoms with E-state index in [1.807, 2.05) is 13.0 Å². The van der Waals surface area contributed by atoms with Gasteiger partial charge in [-0.15, -0.1) is 35.3 Å². The summed E-state index contributed by atoms with van der Waals surface area (Å²) < 4.78 is 11.4. The number of rotatable bonds is 6. The van der Waals surface area contributed by atoms with E-state index in [2.05, 4.69) is 45.6 Å². The van der Waals surface area contributed by atoms with E-state index >= 15 is 0 Å². The molecule has 1 saturated heterocycles. The number of ether oxygens (including phenoxy) is 1. The maximum atomic E-state index is 5.92. The molecule has 1 aliphatic rings. The Morgan fingerprint density at radius 1 is 1.19 bits per heavy atom. The van der Waals surface area contributed by atoms with Crippen LogP contribution < -0.4 is 10.6 Å². The number of morpholine rings is 1. The van der Waals surface area contributed by atoms with E-state index in [-0.39, 0.29) is 30.0 Å². The number of hydrogen-bond donors (Lipinski definition) is 2. The molecule has 2 N–H and O–H groups in total. The smallest absolute Gasteiger partial charge is 0.191 e. The largest absolute Gasteiger partial charge is 0.465 e. The molecule has 1 fully saturated rings. The Morgan fingerprint density at radius 2 is 1.96 bits per heavy atom. The van der Waals surface area contributed by atoms with Crippen molar-refractivity contribution in [3.63, 3.8) is 0 Å². The summed E-state index contributed by atoms with van der Waals surface area (Å²) >= 11 is 1.80. The molecule has 1 aliphatic heterocycles. The van der Waals surface area contributed by atoms with Crippen molar-refractivity contribution in [2.45, 2.75) is 26.4 Å². The lowest BCUT2D eigenvalue weighted by Crippen LogP contribution is -2.46. The lowest BCUT2D eigenvalue weighted by molar-refractivity contribution is 0.0124. The summed E-state index contributed by atoms with van der Waals surface area (Å²) in [7, 11) is 1.80. The van der Waals surface area contributed by atoms with Crippen molar-refractivity contribution in [2.75, 3.05) is 39.9 Å².